The average molecular weight is 233 g/mol. The Labute approximate surface area is 99.4 Å². The van der Waals surface area contributed by atoms with Crippen LogP contribution in [0.3, 0.4) is 0 Å². The maximum absolute atomic E-state index is 10.7. The summed E-state index contributed by atoms with van der Waals surface area (Å²) in [5, 5.41) is 10.7. The van der Waals surface area contributed by atoms with Crippen molar-refractivity contribution in [1.82, 2.24) is 0 Å². The van der Waals surface area contributed by atoms with Crippen molar-refractivity contribution in [3.05, 3.63) is 28.3 Å². The van der Waals surface area contributed by atoms with Crippen LogP contribution >= 0.6 is 0 Å². The molecule has 2 bridgehead atoms. The fourth-order valence-electron chi connectivity index (χ4n) is 3.13. The number of hydrogen-bond acceptors (Lipinski definition) is 4. The number of nitro benzene ring substituents is 1. The minimum atomic E-state index is -0.435. The predicted octanol–water partition coefficient (Wildman–Crippen LogP) is 2.17. The van der Waals surface area contributed by atoms with Crippen LogP contribution in [0, 0.1) is 16.0 Å². The first-order valence-corrected chi connectivity index (χ1v) is 5.95. The third-order valence-corrected chi connectivity index (χ3v) is 3.95. The van der Waals surface area contributed by atoms with Gasteiger partial charge >= 0.3 is 0 Å². The standard InChI is InChI=1S/C12H15N3O2/c13-11-6-10(3-4-12(11)15(16)17)14-7-8-1-2-9(14)5-8/h3-4,6,8-9H,1-2,5,7,13H2. The number of anilines is 2. The van der Waals surface area contributed by atoms with E-state index in [4.69, 9.17) is 5.73 Å². The van der Waals surface area contributed by atoms with Crippen LogP contribution in [0.25, 0.3) is 0 Å². The van der Waals surface area contributed by atoms with E-state index in [1.165, 1.54) is 25.3 Å². The Morgan fingerprint density at radius 1 is 1.41 bits per heavy atom. The van der Waals surface area contributed by atoms with E-state index in [0.29, 0.717) is 6.04 Å². The number of benzene rings is 1. The molecule has 1 aromatic carbocycles. The summed E-state index contributed by atoms with van der Waals surface area (Å²) in [6, 6.07) is 5.67. The second kappa shape index (κ2) is 3.61. The van der Waals surface area contributed by atoms with Gasteiger partial charge in [0.2, 0.25) is 0 Å². The van der Waals surface area contributed by atoms with Crippen molar-refractivity contribution in [3.8, 4) is 0 Å². The lowest BCUT2D eigenvalue weighted by molar-refractivity contribution is -0.383. The Hall–Kier alpha value is -1.78. The molecule has 0 aromatic heterocycles. The molecule has 1 aliphatic heterocycles. The number of piperidine rings is 1. The van der Waals surface area contributed by atoms with Crippen LogP contribution in [0.2, 0.25) is 0 Å². The monoisotopic (exact) mass is 233 g/mol. The van der Waals surface area contributed by atoms with E-state index in [2.05, 4.69) is 4.90 Å². The molecule has 1 heterocycles. The third-order valence-electron chi connectivity index (χ3n) is 3.95. The summed E-state index contributed by atoms with van der Waals surface area (Å²) in [6.07, 6.45) is 3.82. The zero-order valence-electron chi connectivity index (χ0n) is 9.50. The zero-order chi connectivity index (χ0) is 12.0. The summed E-state index contributed by atoms with van der Waals surface area (Å²) in [7, 11) is 0. The molecule has 1 aromatic rings. The molecule has 2 atom stereocenters. The average Bonchev–Trinajstić information content (AvgIpc) is 2.89. The molecule has 5 heteroatoms. The molecule has 2 fully saturated rings. The van der Waals surface area contributed by atoms with Crippen molar-refractivity contribution in [1.29, 1.82) is 0 Å². The molecule has 0 spiro atoms. The number of nitrogens with zero attached hydrogens (tertiary/aromatic N) is 2. The lowest BCUT2D eigenvalue weighted by Gasteiger charge is -2.29. The fourth-order valence-corrected chi connectivity index (χ4v) is 3.13. The lowest BCUT2D eigenvalue weighted by atomic mass is 10.1. The van der Waals surface area contributed by atoms with Crippen molar-refractivity contribution in [3.63, 3.8) is 0 Å². The number of fused-ring (bicyclic) bond motifs is 2. The Morgan fingerprint density at radius 2 is 2.24 bits per heavy atom. The van der Waals surface area contributed by atoms with Gasteiger partial charge in [-0.05, 0) is 37.3 Å². The fraction of sp³-hybridized carbons (Fsp3) is 0.500. The van der Waals surface area contributed by atoms with Crippen molar-refractivity contribution in [2.24, 2.45) is 5.92 Å². The summed E-state index contributed by atoms with van der Waals surface area (Å²) in [5.41, 5.74) is 7.01. The van der Waals surface area contributed by atoms with Crippen molar-refractivity contribution in [2.45, 2.75) is 25.3 Å². The molecule has 0 amide bonds. The summed E-state index contributed by atoms with van der Waals surface area (Å²) in [4.78, 5) is 12.6. The Balaban J connectivity index is 1.89. The van der Waals surface area contributed by atoms with Gasteiger partial charge in [0.1, 0.15) is 5.69 Å². The van der Waals surface area contributed by atoms with E-state index >= 15 is 0 Å². The molecule has 2 aliphatic rings. The number of nitro groups is 1. The zero-order valence-corrected chi connectivity index (χ0v) is 9.50. The van der Waals surface area contributed by atoms with Crippen molar-refractivity contribution < 1.29 is 4.92 Å². The summed E-state index contributed by atoms with van der Waals surface area (Å²) >= 11 is 0. The van der Waals surface area contributed by atoms with Gasteiger partial charge < -0.3 is 10.6 Å². The number of rotatable bonds is 2. The maximum Gasteiger partial charge on any atom is 0.292 e. The highest BCUT2D eigenvalue weighted by Gasteiger charge is 2.37. The molecule has 17 heavy (non-hydrogen) atoms. The predicted molar refractivity (Wildman–Crippen MR) is 66.0 cm³/mol. The van der Waals surface area contributed by atoms with Gasteiger partial charge in [-0.15, -0.1) is 0 Å². The molecule has 1 saturated carbocycles. The van der Waals surface area contributed by atoms with E-state index in [0.717, 1.165) is 18.2 Å². The van der Waals surface area contributed by atoms with E-state index in [9.17, 15) is 10.1 Å². The first-order chi connectivity index (χ1) is 8.15. The molecule has 3 rings (SSSR count). The highest BCUT2D eigenvalue weighted by molar-refractivity contribution is 5.67. The van der Waals surface area contributed by atoms with Gasteiger partial charge in [0.25, 0.3) is 5.69 Å². The first-order valence-electron chi connectivity index (χ1n) is 5.95. The maximum atomic E-state index is 10.7. The third kappa shape index (κ3) is 1.62. The summed E-state index contributed by atoms with van der Waals surface area (Å²) in [5.74, 6) is 0.802. The van der Waals surface area contributed by atoms with Crippen LogP contribution in [0.1, 0.15) is 19.3 Å². The summed E-state index contributed by atoms with van der Waals surface area (Å²) in [6.45, 7) is 1.07. The largest absolute Gasteiger partial charge is 0.393 e. The number of hydrogen-bond donors (Lipinski definition) is 1. The molecular weight excluding hydrogens is 218 g/mol. The second-order valence-corrected chi connectivity index (χ2v) is 4.99. The molecule has 2 N–H and O–H groups in total. The van der Waals surface area contributed by atoms with E-state index in [1.807, 2.05) is 6.07 Å². The van der Waals surface area contributed by atoms with E-state index < -0.39 is 4.92 Å². The normalized spacial score (nSPS) is 26.5. The van der Waals surface area contributed by atoms with E-state index in [1.54, 1.807) is 6.07 Å². The quantitative estimate of drug-likeness (QED) is 0.482. The molecule has 90 valence electrons. The van der Waals surface area contributed by atoms with Crippen molar-refractivity contribution in [2.75, 3.05) is 17.2 Å². The summed E-state index contributed by atoms with van der Waals surface area (Å²) < 4.78 is 0. The van der Waals surface area contributed by atoms with Gasteiger partial charge in [0.05, 0.1) is 4.92 Å². The molecule has 2 unspecified atom stereocenters. The van der Waals surface area contributed by atoms with Gasteiger partial charge in [-0.3, -0.25) is 10.1 Å². The molecular formula is C12H15N3O2. The van der Waals surface area contributed by atoms with E-state index in [-0.39, 0.29) is 11.4 Å². The topological polar surface area (TPSA) is 72.4 Å². The van der Waals surface area contributed by atoms with Gasteiger partial charge in [0.15, 0.2) is 0 Å². The van der Waals surface area contributed by atoms with Crippen LogP contribution in [-0.2, 0) is 0 Å². The Bertz CT molecular complexity index is 475. The van der Waals surface area contributed by atoms with Crippen molar-refractivity contribution >= 4 is 17.1 Å². The minimum absolute atomic E-state index is 0.00175. The van der Waals surface area contributed by atoms with Gasteiger partial charge in [-0.2, -0.15) is 0 Å². The Morgan fingerprint density at radius 3 is 2.76 bits per heavy atom. The molecule has 1 aliphatic carbocycles. The van der Waals surface area contributed by atoms with Crippen LogP contribution in [0.15, 0.2) is 18.2 Å². The van der Waals surface area contributed by atoms with Crippen LogP contribution in [-0.4, -0.2) is 17.5 Å². The van der Waals surface area contributed by atoms with Crippen LogP contribution in [0.5, 0.6) is 0 Å². The van der Waals surface area contributed by atoms with Crippen LogP contribution < -0.4 is 10.6 Å². The second-order valence-electron chi connectivity index (χ2n) is 4.99. The molecule has 1 saturated heterocycles. The highest BCUT2D eigenvalue weighted by atomic mass is 16.6. The van der Waals surface area contributed by atoms with Gasteiger partial charge in [-0.1, -0.05) is 0 Å². The van der Waals surface area contributed by atoms with Crippen LogP contribution in [0.4, 0.5) is 17.1 Å². The van der Waals surface area contributed by atoms with Gasteiger partial charge in [-0.25, -0.2) is 0 Å². The molecule has 0 radical (unpaired) electrons. The first kappa shape index (κ1) is 10.4. The Kier molecular flexibility index (Phi) is 2.21. The highest BCUT2D eigenvalue weighted by Crippen LogP contribution is 2.41. The number of nitrogens with two attached hydrogens (primary N) is 1. The lowest BCUT2D eigenvalue weighted by Crippen LogP contribution is -2.31. The smallest absolute Gasteiger partial charge is 0.292 e. The molecule has 5 nitrogen and oxygen atoms in total. The SMILES string of the molecule is Nc1cc(N2CC3CCC2C3)ccc1[N+](=O)[O-]. The van der Waals surface area contributed by atoms with Gasteiger partial charge in [0, 0.05) is 24.3 Å². The minimum Gasteiger partial charge on any atom is -0.393 e. The number of nitrogen functional groups attached to an aromatic ring is 1.